The number of benzene rings is 1. The maximum atomic E-state index is 13.2. The number of hydrogen-bond donors (Lipinski definition) is 2. The van der Waals surface area contributed by atoms with E-state index in [2.05, 4.69) is 4.72 Å². The highest BCUT2D eigenvalue weighted by Crippen LogP contribution is 2.20. The Kier molecular flexibility index (Phi) is 3.82. The van der Waals surface area contributed by atoms with Crippen LogP contribution in [0.2, 0.25) is 0 Å². The lowest BCUT2D eigenvalue weighted by atomic mass is 10.2. The zero-order valence-corrected chi connectivity index (χ0v) is 12.0. The molecule has 0 amide bonds. The summed E-state index contributed by atoms with van der Waals surface area (Å²) in [5.74, 6) is -0.377. The molecule has 108 valence electrons. The SMILES string of the molecule is Cc1cc(NS(=O)(=O)c2cc(CN)n(C)c2)ccc1F. The van der Waals surface area contributed by atoms with E-state index in [1.165, 1.54) is 30.5 Å². The van der Waals surface area contributed by atoms with Gasteiger partial charge in [0.15, 0.2) is 0 Å². The fourth-order valence-electron chi connectivity index (χ4n) is 1.85. The molecule has 0 radical (unpaired) electrons. The molecule has 0 spiro atoms. The molecule has 2 aromatic rings. The van der Waals surface area contributed by atoms with Crippen LogP contribution in [-0.4, -0.2) is 13.0 Å². The van der Waals surface area contributed by atoms with Gasteiger partial charge >= 0.3 is 0 Å². The van der Waals surface area contributed by atoms with Crippen LogP contribution in [-0.2, 0) is 23.6 Å². The second-order valence-electron chi connectivity index (χ2n) is 4.55. The quantitative estimate of drug-likeness (QED) is 0.902. The summed E-state index contributed by atoms with van der Waals surface area (Å²) in [7, 11) is -1.98. The van der Waals surface area contributed by atoms with Crippen LogP contribution >= 0.6 is 0 Å². The van der Waals surface area contributed by atoms with E-state index in [1.807, 2.05) is 0 Å². The minimum Gasteiger partial charge on any atom is -0.352 e. The van der Waals surface area contributed by atoms with E-state index in [-0.39, 0.29) is 17.3 Å². The molecule has 0 aliphatic rings. The first-order valence-corrected chi connectivity index (χ1v) is 7.46. The van der Waals surface area contributed by atoms with Gasteiger partial charge in [-0.15, -0.1) is 0 Å². The molecule has 0 aliphatic carbocycles. The van der Waals surface area contributed by atoms with Crippen LogP contribution in [0.15, 0.2) is 35.4 Å². The van der Waals surface area contributed by atoms with E-state index < -0.39 is 10.0 Å². The van der Waals surface area contributed by atoms with Crippen LogP contribution in [0.1, 0.15) is 11.3 Å². The molecule has 1 aromatic carbocycles. The van der Waals surface area contributed by atoms with E-state index in [0.29, 0.717) is 16.9 Å². The Balaban J connectivity index is 2.32. The van der Waals surface area contributed by atoms with E-state index >= 15 is 0 Å². The third-order valence-corrected chi connectivity index (χ3v) is 4.36. The van der Waals surface area contributed by atoms with Gasteiger partial charge in [-0.25, -0.2) is 12.8 Å². The highest BCUT2D eigenvalue weighted by Gasteiger charge is 2.17. The summed E-state index contributed by atoms with van der Waals surface area (Å²) >= 11 is 0. The molecule has 1 aromatic heterocycles. The van der Waals surface area contributed by atoms with Crippen molar-refractivity contribution in [3.8, 4) is 0 Å². The normalized spacial score (nSPS) is 11.6. The van der Waals surface area contributed by atoms with Crippen LogP contribution in [0.25, 0.3) is 0 Å². The molecule has 0 aliphatic heterocycles. The predicted molar refractivity (Wildman–Crippen MR) is 75.2 cm³/mol. The molecule has 2 rings (SSSR count). The number of aryl methyl sites for hydroxylation is 2. The highest BCUT2D eigenvalue weighted by molar-refractivity contribution is 7.92. The number of aromatic nitrogens is 1. The van der Waals surface area contributed by atoms with Gasteiger partial charge in [-0.05, 0) is 36.8 Å². The van der Waals surface area contributed by atoms with Crippen molar-refractivity contribution in [2.24, 2.45) is 12.8 Å². The molecule has 3 N–H and O–H groups in total. The maximum absolute atomic E-state index is 13.2. The molecule has 20 heavy (non-hydrogen) atoms. The third-order valence-electron chi connectivity index (χ3n) is 3.01. The van der Waals surface area contributed by atoms with Gasteiger partial charge in [0.1, 0.15) is 10.7 Å². The highest BCUT2D eigenvalue weighted by atomic mass is 32.2. The third kappa shape index (κ3) is 2.83. The Morgan fingerprint density at radius 2 is 2.05 bits per heavy atom. The minimum absolute atomic E-state index is 0.127. The van der Waals surface area contributed by atoms with Crippen molar-refractivity contribution in [2.45, 2.75) is 18.4 Å². The number of sulfonamides is 1. The zero-order chi connectivity index (χ0) is 14.9. The Morgan fingerprint density at radius 3 is 2.60 bits per heavy atom. The number of anilines is 1. The smallest absolute Gasteiger partial charge is 0.263 e. The number of nitrogens with two attached hydrogens (primary N) is 1. The predicted octanol–water partition coefficient (Wildman–Crippen LogP) is 1.73. The molecule has 0 bridgehead atoms. The lowest BCUT2D eigenvalue weighted by molar-refractivity contribution is 0.600. The summed E-state index contributed by atoms with van der Waals surface area (Å²) in [6, 6.07) is 5.56. The minimum atomic E-state index is -3.70. The molecule has 0 fully saturated rings. The van der Waals surface area contributed by atoms with E-state index in [4.69, 9.17) is 5.73 Å². The number of rotatable bonds is 4. The van der Waals surface area contributed by atoms with E-state index in [1.54, 1.807) is 18.5 Å². The fourth-order valence-corrected chi connectivity index (χ4v) is 2.99. The Morgan fingerprint density at radius 1 is 1.35 bits per heavy atom. The van der Waals surface area contributed by atoms with Gasteiger partial charge < -0.3 is 10.3 Å². The van der Waals surface area contributed by atoms with Crippen LogP contribution in [0.5, 0.6) is 0 Å². The summed E-state index contributed by atoms with van der Waals surface area (Å²) in [6.45, 7) is 1.82. The van der Waals surface area contributed by atoms with E-state index in [0.717, 1.165) is 0 Å². The van der Waals surface area contributed by atoms with Crippen molar-refractivity contribution in [3.05, 3.63) is 47.5 Å². The Labute approximate surface area is 117 Å². The lowest BCUT2D eigenvalue weighted by Crippen LogP contribution is -2.12. The fraction of sp³-hybridized carbons (Fsp3) is 0.231. The molecule has 1 heterocycles. The second-order valence-corrected chi connectivity index (χ2v) is 6.23. The van der Waals surface area contributed by atoms with Crippen LogP contribution in [0, 0.1) is 12.7 Å². The molecular formula is C13H16FN3O2S. The van der Waals surface area contributed by atoms with Crippen LogP contribution in [0.3, 0.4) is 0 Å². The van der Waals surface area contributed by atoms with Gasteiger partial charge in [0.2, 0.25) is 0 Å². The molecule has 0 saturated heterocycles. The summed E-state index contributed by atoms with van der Waals surface area (Å²) < 4.78 is 41.7. The van der Waals surface area contributed by atoms with Crippen molar-refractivity contribution in [2.75, 3.05) is 4.72 Å². The Bertz CT molecular complexity index is 738. The van der Waals surface area contributed by atoms with E-state index in [9.17, 15) is 12.8 Å². The first kappa shape index (κ1) is 14.5. The van der Waals surface area contributed by atoms with Gasteiger partial charge in [0.05, 0.1) is 0 Å². The number of nitrogens with one attached hydrogen (secondary N) is 1. The second kappa shape index (κ2) is 5.26. The largest absolute Gasteiger partial charge is 0.352 e. The monoisotopic (exact) mass is 297 g/mol. The number of halogens is 1. The molecular weight excluding hydrogens is 281 g/mol. The van der Waals surface area contributed by atoms with Crippen molar-refractivity contribution in [1.82, 2.24) is 4.57 Å². The average molecular weight is 297 g/mol. The maximum Gasteiger partial charge on any atom is 0.263 e. The van der Waals surface area contributed by atoms with Gasteiger partial charge in [0, 0.05) is 31.2 Å². The Hall–Kier alpha value is -1.86. The van der Waals surface area contributed by atoms with Gasteiger partial charge in [-0.3, -0.25) is 4.72 Å². The molecule has 5 nitrogen and oxygen atoms in total. The van der Waals surface area contributed by atoms with Crippen molar-refractivity contribution in [3.63, 3.8) is 0 Å². The van der Waals surface area contributed by atoms with Crippen molar-refractivity contribution >= 4 is 15.7 Å². The van der Waals surface area contributed by atoms with Gasteiger partial charge in [0.25, 0.3) is 10.0 Å². The summed E-state index contributed by atoms with van der Waals surface area (Å²) in [6.07, 6.45) is 1.49. The van der Waals surface area contributed by atoms with Gasteiger partial charge in [-0.1, -0.05) is 0 Å². The number of nitrogens with zero attached hydrogens (tertiary/aromatic N) is 1. The topological polar surface area (TPSA) is 77.1 Å². The van der Waals surface area contributed by atoms with Crippen LogP contribution < -0.4 is 10.5 Å². The lowest BCUT2D eigenvalue weighted by Gasteiger charge is -2.07. The zero-order valence-electron chi connectivity index (χ0n) is 11.2. The molecule has 0 saturated carbocycles. The summed E-state index contributed by atoms with van der Waals surface area (Å²) in [4.78, 5) is 0.127. The average Bonchev–Trinajstić information content (AvgIpc) is 2.76. The summed E-state index contributed by atoms with van der Waals surface area (Å²) in [5.41, 5.74) is 6.92. The van der Waals surface area contributed by atoms with Crippen molar-refractivity contribution < 1.29 is 12.8 Å². The first-order chi connectivity index (χ1) is 9.33. The molecule has 0 atom stereocenters. The molecule has 7 heteroatoms. The number of hydrogen-bond acceptors (Lipinski definition) is 3. The van der Waals surface area contributed by atoms with Gasteiger partial charge in [-0.2, -0.15) is 0 Å². The van der Waals surface area contributed by atoms with Crippen molar-refractivity contribution in [1.29, 1.82) is 0 Å². The summed E-state index contributed by atoms with van der Waals surface area (Å²) in [5, 5.41) is 0. The molecule has 0 unspecified atom stereocenters. The standard InChI is InChI=1S/C13H16FN3O2S/c1-9-5-10(3-4-13(9)14)16-20(18,19)12-6-11(7-15)17(2)8-12/h3-6,8,16H,7,15H2,1-2H3. The van der Waals surface area contributed by atoms with Crippen LogP contribution in [0.4, 0.5) is 10.1 Å². The first-order valence-electron chi connectivity index (χ1n) is 5.98.